The third kappa shape index (κ3) is 1.72. The van der Waals surface area contributed by atoms with Crippen LogP contribution in [0.15, 0.2) is 6.33 Å². The maximum atomic E-state index is 11.4. The van der Waals surface area contributed by atoms with Crippen LogP contribution in [0.25, 0.3) is 0 Å². The van der Waals surface area contributed by atoms with Gasteiger partial charge in [0.2, 0.25) is 0 Å². The van der Waals surface area contributed by atoms with E-state index in [1.807, 2.05) is 20.9 Å². The van der Waals surface area contributed by atoms with E-state index in [0.717, 1.165) is 5.82 Å². The summed E-state index contributed by atoms with van der Waals surface area (Å²) in [6, 6.07) is 0. The Labute approximate surface area is 74.5 Å². The lowest BCUT2D eigenvalue weighted by Crippen LogP contribution is -2.09. The Morgan fingerprint density at radius 3 is 2.83 bits per heavy atom. The van der Waals surface area contributed by atoms with Crippen molar-refractivity contribution in [2.75, 3.05) is 5.75 Å². The van der Waals surface area contributed by atoms with E-state index in [9.17, 15) is 4.21 Å². The van der Waals surface area contributed by atoms with Crippen LogP contribution in [-0.4, -0.2) is 24.7 Å². The fraction of sp³-hybridized carbons (Fsp3) is 0.714. The molecular formula is C7H13N3OS. The molecule has 0 aromatic carbocycles. The highest BCUT2D eigenvalue weighted by Crippen LogP contribution is 2.15. The molecule has 0 fully saturated rings. The van der Waals surface area contributed by atoms with Gasteiger partial charge in [-0.3, -0.25) is 4.21 Å². The van der Waals surface area contributed by atoms with Crippen LogP contribution in [0.5, 0.6) is 0 Å². The van der Waals surface area contributed by atoms with Gasteiger partial charge in [-0.1, -0.05) is 6.92 Å². The van der Waals surface area contributed by atoms with Crippen molar-refractivity contribution >= 4 is 10.8 Å². The summed E-state index contributed by atoms with van der Waals surface area (Å²) in [4.78, 5) is 0. The van der Waals surface area contributed by atoms with Crippen molar-refractivity contribution < 1.29 is 4.21 Å². The van der Waals surface area contributed by atoms with Crippen LogP contribution in [0.4, 0.5) is 0 Å². The van der Waals surface area contributed by atoms with Gasteiger partial charge in [0.05, 0.1) is 5.25 Å². The molecule has 0 amide bonds. The SMILES string of the molecule is CCS(=O)C(C)c1nncn1C. The Kier molecular flexibility index (Phi) is 2.97. The summed E-state index contributed by atoms with van der Waals surface area (Å²) in [6.07, 6.45) is 1.62. The maximum absolute atomic E-state index is 11.4. The molecule has 68 valence electrons. The summed E-state index contributed by atoms with van der Waals surface area (Å²) >= 11 is 0. The zero-order valence-electron chi connectivity index (χ0n) is 7.52. The molecule has 5 heteroatoms. The van der Waals surface area contributed by atoms with E-state index < -0.39 is 10.8 Å². The van der Waals surface area contributed by atoms with Crippen LogP contribution < -0.4 is 0 Å². The molecule has 1 aromatic rings. The zero-order chi connectivity index (χ0) is 9.14. The summed E-state index contributed by atoms with van der Waals surface area (Å²) in [5.74, 6) is 1.45. The first-order valence-electron chi connectivity index (χ1n) is 3.88. The molecular weight excluding hydrogens is 174 g/mol. The largest absolute Gasteiger partial charge is 0.320 e. The molecule has 2 atom stereocenters. The van der Waals surface area contributed by atoms with Crippen LogP contribution >= 0.6 is 0 Å². The van der Waals surface area contributed by atoms with Crippen molar-refractivity contribution in [2.45, 2.75) is 19.1 Å². The third-order valence-corrected chi connectivity index (χ3v) is 3.36. The predicted octanol–water partition coefficient (Wildman–Crippen LogP) is 0.645. The van der Waals surface area contributed by atoms with Crippen molar-refractivity contribution in [1.82, 2.24) is 14.8 Å². The van der Waals surface area contributed by atoms with Gasteiger partial charge in [-0.15, -0.1) is 10.2 Å². The molecule has 1 rings (SSSR count). The van der Waals surface area contributed by atoms with Gasteiger partial charge in [-0.25, -0.2) is 0 Å². The Morgan fingerprint density at radius 1 is 1.75 bits per heavy atom. The van der Waals surface area contributed by atoms with E-state index in [1.165, 1.54) is 0 Å². The minimum absolute atomic E-state index is 0.0255. The zero-order valence-corrected chi connectivity index (χ0v) is 8.34. The van der Waals surface area contributed by atoms with Crippen LogP contribution in [0.2, 0.25) is 0 Å². The number of rotatable bonds is 3. The van der Waals surface area contributed by atoms with Gasteiger partial charge >= 0.3 is 0 Å². The molecule has 0 aliphatic carbocycles. The lowest BCUT2D eigenvalue weighted by Gasteiger charge is -2.07. The van der Waals surface area contributed by atoms with E-state index in [-0.39, 0.29) is 5.25 Å². The van der Waals surface area contributed by atoms with Crippen molar-refractivity contribution in [3.63, 3.8) is 0 Å². The number of aromatic nitrogens is 3. The summed E-state index contributed by atoms with van der Waals surface area (Å²) in [5.41, 5.74) is 0. The molecule has 0 spiro atoms. The number of nitrogens with zero attached hydrogens (tertiary/aromatic N) is 3. The summed E-state index contributed by atoms with van der Waals surface area (Å²) in [6.45, 7) is 3.81. The van der Waals surface area contributed by atoms with Crippen molar-refractivity contribution in [3.8, 4) is 0 Å². The van der Waals surface area contributed by atoms with Gasteiger partial charge < -0.3 is 4.57 Å². The molecule has 0 aliphatic heterocycles. The highest BCUT2D eigenvalue weighted by Gasteiger charge is 2.16. The highest BCUT2D eigenvalue weighted by atomic mass is 32.2. The van der Waals surface area contributed by atoms with Crippen LogP contribution in [0.1, 0.15) is 24.9 Å². The standard InChI is InChI=1S/C7H13N3OS/c1-4-12(11)6(2)7-9-8-5-10(7)3/h5-6H,4H2,1-3H3. The second-order valence-corrected chi connectivity index (χ2v) is 4.66. The highest BCUT2D eigenvalue weighted by molar-refractivity contribution is 7.85. The van der Waals surface area contributed by atoms with Gasteiger partial charge in [0.15, 0.2) is 0 Å². The normalized spacial score (nSPS) is 15.9. The summed E-state index contributed by atoms with van der Waals surface area (Å²) in [5, 5.41) is 7.62. The monoisotopic (exact) mass is 187 g/mol. The molecule has 0 radical (unpaired) electrons. The van der Waals surface area contributed by atoms with Crippen LogP contribution in [0, 0.1) is 0 Å². The molecule has 0 saturated heterocycles. The van der Waals surface area contributed by atoms with Gasteiger partial charge in [-0.05, 0) is 6.92 Å². The summed E-state index contributed by atoms with van der Waals surface area (Å²) in [7, 11) is 1.03. The first kappa shape index (κ1) is 9.38. The second-order valence-electron chi connectivity index (χ2n) is 2.61. The van der Waals surface area contributed by atoms with Gasteiger partial charge in [0.1, 0.15) is 12.2 Å². The van der Waals surface area contributed by atoms with E-state index in [4.69, 9.17) is 0 Å². The van der Waals surface area contributed by atoms with Crippen LogP contribution in [-0.2, 0) is 17.8 Å². The molecule has 4 nitrogen and oxygen atoms in total. The Bertz CT molecular complexity index is 284. The first-order chi connectivity index (χ1) is 5.66. The predicted molar refractivity (Wildman–Crippen MR) is 48.1 cm³/mol. The maximum Gasteiger partial charge on any atom is 0.148 e. The third-order valence-electron chi connectivity index (χ3n) is 1.79. The van der Waals surface area contributed by atoms with E-state index >= 15 is 0 Å². The summed E-state index contributed by atoms with van der Waals surface area (Å²) < 4.78 is 13.2. The molecule has 1 heterocycles. The minimum Gasteiger partial charge on any atom is -0.320 e. The van der Waals surface area contributed by atoms with E-state index in [2.05, 4.69) is 10.2 Å². The smallest absolute Gasteiger partial charge is 0.148 e. The lowest BCUT2D eigenvalue weighted by molar-refractivity contribution is 0.668. The van der Waals surface area contributed by atoms with Gasteiger partial charge in [-0.2, -0.15) is 0 Å². The first-order valence-corrected chi connectivity index (χ1v) is 5.26. The molecule has 2 unspecified atom stereocenters. The molecule has 0 aliphatic rings. The molecule has 0 N–H and O–H groups in total. The van der Waals surface area contributed by atoms with Gasteiger partial charge in [0, 0.05) is 23.6 Å². The fourth-order valence-corrected chi connectivity index (χ4v) is 1.98. The average Bonchev–Trinajstić information content (AvgIpc) is 2.48. The lowest BCUT2D eigenvalue weighted by atomic mass is 10.4. The van der Waals surface area contributed by atoms with Crippen LogP contribution in [0.3, 0.4) is 0 Å². The number of aryl methyl sites for hydroxylation is 1. The molecule has 0 saturated carbocycles. The Hall–Kier alpha value is -0.710. The number of hydrogen-bond acceptors (Lipinski definition) is 3. The van der Waals surface area contributed by atoms with E-state index in [0.29, 0.717) is 5.75 Å². The average molecular weight is 187 g/mol. The van der Waals surface area contributed by atoms with Crippen molar-refractivity contribution in [1.29, 1.82) is 0 Å². The van der Waals surface area contributed by atoms with Gasteiger partial charge in [0.25, 0.3) is 0 Å². The Morgan fingerprint density at radius 2 is 2.42 bits per heavy atom. The molecule has 0 bridgehead atoms. The topological polar surface area (TPSA) is 47.8 Å². The second kappa shape index (κ2) is 3.80. The van der Waals surface area contributed by atoms with E-state index in [1.54, 1.807) is 10.9 Å². The van der Waals surface area contributed by atoms with Crippen molar-refractivity contribution in [2.24, 2.45) is 7.05 Å². The fourth-order valence-electron chi connectivity index (χ4n) is 1.03. The molecule has 1 aromatic heterocycles. The number of hydrogen-bond donors (Lipinski definition) is 0. The minimum atomic E-state index is -0.835. The quantitative estimate of drug-likeness (QED) is 0.698. The Balaban J connectivity index is 2.84. The molecule has 12 heavy (non-hydrogen) atoms. The van der Waals surface area contributed by atoms with Crippen molar-refractivity contribution in [3.05, 3.63) is 12.2 Å².